The number of rotatable bonds is 3. The van der Waals surface area contributed by atoms with Crippen LogP contribution >= 0.6 is 11.6 Å². The lowest BCUT2D eigenvalue weighted by molar-refractivity contribution is 1.61. The van der Waals surface area contributed by atoms with Gasteiger partial charge in [-0.3, -0.25) is 0 Å². The molecule has 0 nitrogen and oxygen atoms in total. The van der Waals surface area contributed by atoms with Gasteiger partial charge in [-0.05, 0) is 67.6 Å². The first-order valence-electron chi connectivity index (χ1n) is 11.1. The van der Waals surface area contributed by atoms with E-state index in [2.05, 4.69) is 115 Å². The number of hydrogen-bond donors (Lipinski definition) is 0. The molecule has 0 aliphatic carbocycles. The Morgan fingerprint density at radius 3 is 1.88 bits per heavy atom. The molecule has 1 heteroatoms. The minimum atomic E-state index is 0.767. The van der Waals surface area contributed by atoms with Crippen LogP contribution in [-0.4, -0.2) is 0 Å². The van der Waals surface area contributed by atoms with Gasteiger partial charge in [0, 0.05) is 10.6 Å². The van der Waals surface area contributed by atoms with E-state index >= 15 is 0 Å². The molecule has 0 amide bonds. The maximum atomic E-state index is 6.82. The van der Waals surface area contributed by atoms with Crippen molar-refractivity contribution < 1.29 is 0 Å². The molecule has 0 heterocycles. The third-order valence-corrected chi connectivity index (χ3v) is 6.65. The largest absolute Gasteiger partial charge is 0.0836 e. The van der Waals surface area contributed by atoms with Crippen molar-refractivity contribution in [3.8, 4) is 33.4 Å². The molecule has 0 fully saturated rings. The summed E-state index contributed by atoms with van der Waals surface area (Å²) in [4.78, 5) is 0. The molecule has 33 heavy (non-hydrogen) atoms. The van der Waals surface area contributed by atoms with E-state index < -0.39 is 0 Å². The van der Waals surface area contributed by atoms with Crippen molar-refractivity contribution in [2.45, 2.75) is 0 Å². The fourth-order valence-electron chi connectivity index (χ4n) is 4.71. The predicted octanol–water partition coefficient (Wildman–Crippen LogP) is 9.65. The third-order valence-electron chi connectivity index (χ3n) is 6.33. The van der Waals surface area contributed by atoms with Gasteiger partial charge >= 0.3 is 0 Å². The summed E-state index contributed by atoms with van der Waals surface area (Å²) in [6.07, 6.45) is 0. The zero-order valence-corrected chi connectivity index (χ0v) is 18.8. The van der Waals surface area contributed by atoms with E-state index in [1.54, 1.807) is 0 Å². The van der Waals surface area contributed by atoms with E-state index in [1.165, 1.54) is 38.2 Å². The van der Waals surface area contributed by atoms with E-state index in [0.717, 1.165) is 21.7 Å². The maximum absolute atomic E-state index is 6.82. The Morgan fingerprint density at radius 2 is 1.03 bits per heavy atom. The molecule has 0 aliphatic heterocycles. The fourth-order valence-corrected chi connectivity index (χ4v) is 4.98. The minimum Gasteiger partial charge on any atom is -0.0836 e. The molecule has 0 unspecified atom stereocenters. The van der Waals surface area contributed by atoms with Gasteiger partial charge in [0.05, 0.1) is 0 Å². The van der Waals surface area contributed by atoms with E-state index in [9.17, 15) is 0 Å². The first kappa shape index (κ1) is 19.8. The van der Waals surface area contributed by atoms with Crippen molar-refractivity contribution in [3.05, 3.63) is 132 Å². The summed E-state index contributed by atoms with van der Waals surface area (Å²) in [5.74, 6) is 0. The summed E-state index contributed by atoms with van der Waals surface area (Å²) in [6, 6.07) is 45.0. The Bertz CT molecular complexity index is 1610. The first-order chi connectivity index (χ1) is 16.3. The Balaban J connectivity index is 1.51. The van der Waals surface area contributed by atoms with Gasteiger partial charge in [-0.15, -0.1) is 0 Å². The quantitative estimate of drug-likeness (QED) is 0.257. The SMILES string of the molecule is Clc1cccc(-c2ccc3cc(-c4ccccc4)ccc3c2)c1-c1cccc2ccccc12. The van der Waals surface area contributed by atoms with Crippen LogP contribution in [0.1, 0.15) is 0 Å². The van der Waals surface area contributed by atoms with Gasteiger partial charge in [-0.1, -0.05) is 121 Å². The van der Waals surface area contributed by atoms with Crippen molar-refractivity contribution >= 4 is 33.1 Å². The molecule has 0 saturated carbocycles. The standard InChI is InChI=1S/C32H21Cl/c33-31-15-7-13-29(32(31)30-14-6-11-23-10-4-5-12-28(23)30)27-19-18-25-20-24(16-17-26(25)21-27)22-8-2-1-3-9-22/h1-21H. The number of fused-ring (bicyclic) bond motifs is 2. The lowest BCUT2D eigenvalue weighted by atomic mass is 9.90. The molecule has 0 aliphatic rings. The maximum Gasteiger partial charge on any atom is 0.0490 e. The molecule has 0 spiro atoms. The van der Waals surface area contributed by atoms with Gasteiger partial charge in [0.1, 0.15) is 0 Å². The summed E-state index contributed by atoms with van der Waals surface area (Å²) >= 11 is 6.82. The average molecular weight is 441 g/mol. The van der Waals surface area contributed by atoms with Crippen LogP contribution in [0.2, 0.25) is 5.02 Å². The van der Waals surface area contributed by atoms with Crippen LogP contribution in [0.5, 0.6) is 0 Å². The smallest absolute Gasteiger partial charge is 0.0490 e. The Kier molecular flexibility index (Phi) is 4.94. The second kappa shape index (κ2) is 8.24. The van der Waals surface area contributed by atoms with Crippen molar-refractivity contribution in [1.82, 2.24) is 0 Å². The molecule has 0 N–H and O–H groups in total. The molecular formula is C32H21Cl. The molecule has 6 aromatic carbocycles. The fraction of sp³-hybridized carbons (Fsp3) is 0. The topological polar surface area (TPSA) is 0 Å². The molecule has 0 atom stereocenters. The van der Waals surface area contributed by atoms with Crippen LogP contribution in [0.3, 0.4) is 0 Å². The molecule has 0 saturated heterocycles. The highest BCUT2D eigenvalue weighted by Gasteiger charge is 2.14. The van der Waals surface area contributed by atoms with Crippen LogP contribution in [0.4, 0.5) is 0 Å². The van der Waals surface area contributed by atoms with Gasteiger partial charge in [0.25, 0.3) is 0 Å². The molecule has 6 rings (SSSR count). The number of halogens is 1. The summed E-state index contributed by atoms with van der Waals surface area (Å²) in [5, 5.41) is 5.64. The Labute approximate surface area is 198 Å². The zero-order valence-electron chi connectivity index (χ0n) is 18.0. The number of hydrogen-bond acceptors (Lipinski definition) is 0. The van der Waals surface area contributed by atoms with Crippen LogP contribution in [-0.2, 0) is 0 Å². The van der Waals surface area contributed by atoms with Crippen molar-refractivity contribution in [2.24, 2.45) is 0 Å². The van der Waals surface area contributed by atoms with Gasteiger partial charge in [0.15, 0.2) is 0 Å². The molecule has 0 radical (unpaired) electrons. The van der Waals surface area contributed by atoms with Crippen LogP contribution in [0.25, 0.3) is 54.9 Å². The summed E-state index contributed by atoms with van der Waals surface area (Å²) < 4.78 is 0. The highest BCUT2D eigenvalue weighted by Crippen LogP contribution is 2.41. The lowest BCUT2D eigenvalue weighted by Gasteiger charge is -2.15. The second-order valence-corrected chi connectivity index (χ2v) is 8.74. The average Bonchev–Trinajstić information content (AvgIpc) is 2.88. The second-order valence-electron chi connectivity index (χ2n) is 8.33. The summed E-state index contributed by atoms with van der Waals surface area (Å²) in [5.41, 5.74) is 7.02. The van der Waals surface area contributed by atoms with Crippen LogP contribution in [0, 0.1) is 0 Å². The molecule has 0 bridgehead atoms. The summed E-state index contributed by atoms with van der Waals surface area (Å²) in [7, 11) is 0. The van der Waals surface area contributed by atoms with Crippen molar-refractivity contribution in [1.29, 1.82) is 0 Å². The molecular weight excluding hydrogens is 420 g/mol. The van der Waals surface area contributed by atoms with Crippen LogP contribution in [0.15, 0.2) is 127 Å². The van der Waals surface area contributed by atoms with Gasteiger partial charge in [0.2, 0.25) is 0 Å². The lowest BCUT2D eigenvalue weighted by Crippen LogP contribution is -1.89. The number of benzene rings is 6. The summed E-state index contributed by atoms with van der Waals surface area (Å²) in [6.45, 7) is 0. The van der Waals surface area contributed by atoms with Gasteiger partial charge in [-0.2, -0.15) is 0 Å². The van der Waals surface area contributed by atoms with E-state index in [4.69, 9.17) is 11.6 Å². The van der Waals surface area contributed by atoms with E-state index in [1.807, 2.05) is 12.1 Å². The predicted molar refractivity (Wildman–Crippen MR) is 143 cm³/mol. The van der Waals surface area contributed by atoms with Crippen molar-refractivity contribution in [2.75, 3.05) is 0 Å². The Hall–Kier alpha value is -3.87. The Morgan fingerprint density at radius 1 is 0.394 bits per heavy atom. The minimum absolute atomic E-state index is 0.767. The highest BCUT2D eigenvalue weighted by atomic mass is 35.5. The molecule has 0 aromatic heterocycles. The first-order valence-corrected chi connectivity index (χ1v) is 11.5. The monoisotopic (exact) mass is 440 g/mol. The van der Waals surface area contributed by atoms with E-state index in [-0.39, 0.29) is 0 Å². The molecule has 156 valence electrons. The van der Waals surface area contributed by atoms with Crippen molar-refractivity contribution in [3.63, 3.8) is 0 Å². The van der Waals surface area contributed by atoms with Gasteiger partial charge in [-0.25, -0.2) is 0 Å². The van der Waals surface area contributed by atoms with Gasteiger partial charge < -0.3 is 0 Å². The zero-order chi connectivity index (χ0) is 22.2. The normalized spacial score (nSPS) is 11.2. The molecule has 6 aromatic rings. The van der Waals surface area contributed by atoms with E-state index in [0.29, 0.717) is 0 Å². The highest BCUT2D eigenvalue weighted by molar-refractivity contribution is 6.34. The third kappa shape index (κ3) is 3.59. The van der Waals surface area contributed by atoms with Crippen LogP contribution < -0.4 is 0 Å².